The second-order valence-electron chi connectivity index (χ2n) is 6.05. The van der Waals surface area contributed by atoms with Gasteiger partial charge in [0.1, 0.15) is 23.5 Å². The molecule has 0 spiro atoms. The normalized spacial score (nSPS) is 13.7. The molecule has 146 valence electrons. The van der Waals surface area contributed by atoms with Gasteiger partial charge in [0.05, 0.1) is 19.2 Å². The fraction of sp³-hybridized carbons (Fsp3) is 0.350. The molecular weight excluding hydrogens is 352 g/mol. The summed E-state index contributed by atoms with van der Waals surface area (Å²) >= 11 is 0. The number of aliphatic hydroxyl groups excluding tert-OH is 1. The Hall–Kier alpha value is -2.67. The van der Waals surface area contributed by atoms with E-state index in [4.69, 9.17) is 4.74 Å². The lowest BCUT2D eigenvalue weighted by Crippen LogP contribution is -2.42. The van der Waals surface area contributed by atoms with Crippen LogP contribution in [0.4, 0.5) is 8.78 Å². The molecule has 2 aromatic carbocycles. The van der Waals surface area contributed by atoms with Crippen molar-refractivity contribution in [3.05, 3.63) is 65.7 Å². The first-order valence-corrected chi connectivity index (χ1v) is 8.86. The van der Waals surface area contributed by atoms with Crippen LogP contribution in [0.25, 0.3) is 0 Å². The van der Waals surface area contributed by atoms with E-state index in [0.29, 0.717) is 30.4 Å². The summed E-state index contributed by atoms with van der Waals surface area (Å²) < 4.78 is 31.6. The van der Waals surface area contributed by atoms with Crippen molar-refractivity contribution >= 4 is 5.96 Å². The van der Waals surface area contributed by atoms with Crippen LogP contribution in [0.1, 0.15) is 25.5 Å². The molecule has 5 nitrogen and oxygen atoms in total. The summed E-state index contributed by atoms with van der Waals surface area (Å²) in [6.07, 6.45) is -1.00. The van der Waals surface area contributed by atoms with Gasteiger partial charge in [-0.15, -0.1) is 0 Å². The van der Waals surface area contributed by atoms with Crippen molar-refractivity contribution in [3.8, 4) is 5.75 Å². The van der Waals surface area contributed by atoms with Crippen LogP contribution >= 0.6 is 0 Å². The second kappa shape index (κ2) is 10.5. The number of nitrogens with one attached hydrogen (secondary N) is 2. The van der Waals surface area contributed by atoms with Crippen molar-refractivity contribution < 1.29 is 18.6 Å². The van der Waals surface area contributed by atoms with E-state index in [0.717, 1.165) is 0 Å². The fourth-order valence-electron chi connectivity index (χ4n) is 2.34. The Morgan fingerprint density at radius 3 is 2.22 bits per heavy atom. The molecular formula is C20H25F2N3O2. The lowest BCUT2D eigenvalue weighted by atomic mass is 10.1. The highest BCUT2D eigenvalue weighted by Gasteiger charge is 2.09. The van der Waals surface area contributed by atoms with Crippen molar-refractivity contribution in [1.82, 2.24) is 10.6 Å². The van der Waals surface area contributed by atoms with Crippen molar-refractivity contribution in [2.45, 2.75) is 26.1 Å². The third-order valence-electron chi connectivity index (χ3n) is 3.73. The standard InChI is InChI=1S/C20H25F2N3O2/c1-3-23-20(25-13-19(26)15-4-6-16(21)7-5-15)24-12-14(2)27-18-10-8-17(22)9-11-18/h4-11,14,19,26H,3,12-13H2,1-2H3,(H2,23,24,25). The van der Waals surface area contributed by atoms with Gasteiger partial charge < -0.3 is 20.5 Å². The van der Waals surface area contributed by atoms with Gasteiger partial charge >= 0.3 is 0 Å². The third-order valence-corrected chi connectivity index (χ3v) is 3.73. The lowest BCUT2D eigenvalue weighted by Gasteiger charge is -2.18. The van der Waals surface area contributed by atoms with Gasteiger partial charge in [-0.05, 0) is 55.8 Å². The van der Waals surface area contributed by atoms with Crippen LogP contribution in [-0.4, -0.2) is 36.8 Å². The first kappa shape index (κ1) is 20.6. The summed E-state index contributed by atoms with van der Waals surface area (Å²) in [4.78, 5) is 4.35. The molecule has 2 rings (SSSR count). The van der Waals surface area contributed by atoms with Crippen LogP contribution in [0, 0.1) is 11.6 Å². The van der Waals surface area contributed by atoms with E-state index >= 15 is 0 Å². The number of benzene rings is 2. The van der Waals surface area contributed by atoms with E-state index in [2.05, 4.69) is 15.6 Å². The Balaban J connectivity index is 1.86. The average Bonchev–Trinajstić information content (AvgIpc) is 2.66. The number of halogens is 2. The summed E-state index contributed by atoms with van der Waals surface area (Å²) in [6.45, 7) is 5.08. The number of hydrogen-bond acceptors (Lipinski definition) is 3. The van der Waals surface area contributed by atoms with Gasteiger partial charge in [0.2, 0.25) is 0 Å². The summed E-state index contributed by atoms with van der Waals surface area (Å²) in [6, 6.07) is 11.5. The van der Waals surface area contributed by atoms with E-state index in [9.17, 15) is 13.9 Å². The maximum Gasteiger partial charge on any atom is 0.191 e. The van der Waals surface area contributed by atoms with Crippen LogP contribution in [0.3, 0.4) is 0 Å². The Morgan fingerprint density at radius 2 is 1.63 bits per heavy atom. The van der Waals surface area contributed by atoms with Gasteiger partial charge in [-0.25, -0.2) is 8.78 Å². The quantitative estimate of drug-likeness (QED) is 0.489. The zero-order valence-corrected chi connectivity index (χ0v) is 15.5. The molecule has 0 aliphatic rings. The highest BCUT2D eigenvalue weighted by molar-refractivity contribution is 5.79. The van der Waals surface area contributed by atoms with E-state index in [1.165, 1.54) is 36.4 Å². The summed E-state index contributed by atoms with van der Waals surface area (Å²) in [7, 11) is 0. The number of aliphatic imine (C=N–C) groups is 1. The predicted molar refractivity (Wildman–Crippen MR) is 102 cm³/mol. The largest absolute Gasteiger partial charge is 0.489 e. The zero-order valence-electron chi connectivity index (χ0n) is 15.5. The van der Waals surface area contributed by atoms with Crippen LogP contribution in [-0.2, 0) is 0 Å². The van der Waals surface area contributed by atoms with Crippen LogP contribution in [0.15, 0.2) is 53.5 Å². The number of rotatable bonds is 8. The van der Waals surface area contributed by atoms with Gasteiger partial charge in [-0.3, -0.25) is 4.99 Å². The Labute approximate surface area is 158 Å². The monoisotopic (exact) mass is 377 g/mol. The molecule has 0 bridgehead atoms. The predicted octanol–water partition coefficient (Wildman–Crippen LogP) is 3.02. The van der Waals surface area contributed by atoms with Crippen molar-refractivity contribution in [2.24, 2.45) is 4.99 Å². The van der Waals surface area contributed by atoms with Gasteiger partial charge in [0, 0.05) is 6.54 Å². The van der Waals surface area contributed by atoms with Gasteiger partial charge in [0.25, 0.3) is 0 Å². The molecule has 0 aromatic heterocycles. The van der Waals surface area contributed by atoms with E-state index in [-0.39, 0.29) is 24.3 Å². The first-order valence-electron chi connectivity index (χ1n) is 8.86. The highest BCUT2D eigenvalue weighted by atomic mass is 19.1. The topological polar surface area (TPSA) is 65.9 Å². The molecule has 0 saturated heterocycles. The maximum atomic E-state index is 13.0. The maximum absolute atomic E-state index is 13.0. The summed E-state index contributed by atoms with van der Waals surface area (Å²) in [5.74, 6) is 0.460. The molecule has 2 aromatic rings. The second-order valence-corrected chi connectivity index (χ2v) is 6.05. The smallest absolute Gasteiger partial charge is 0.191 e. The van der Waals surface area contributed by atoms with Gasteiger partial charge in [-0.2, -0.15) is 0 Å². The van der Waals surface area contributed by atoms with Crippen LogP contribution in [0.2, 0.25) is 0 Å². The molecule has 0 fully saturated rings. The SMILES string of the molecule is CCNC(=NCC(O)c1ccc(F)cc1)NCC(C)Oc1ccc(F)cc1. The molecule has 7 heteroatoms. The molecule has 27 heavy (non-hydrogen) atoms. The van der Waals surface area contributed by atoms with Gasteiger partial charge in [0.15, 0.2) is 5.96 Å². The Kier molecular flexibility index (Phi) is 8.00. The Morgan fingerprint density at radius 1 is 1.04 bits per heavy atom. The third kappa shape index (κ3) is 7.22. The molecule has 3 N–H and O–H groups in total. The van der Waals surface area contributed by atoms with E-state index in [1.54, 1.807) is 12.1 Å². The minimum absolute atomic E-state index is 0.133. The van der Waals surface area contributed by atoms with E-state index < -0.39 is 6.10 Å². The number of aliphatic hydroxyl groups is 1. The summed E-state index contributed by atoms with van der Waals surface area (Å²) in [5.41, 5.74) is 0.601. The minimum atomic E-state index is -0.825. The van der Waals surface area contributed by atoms with Crippen LogP contribution < -0.4 is 15.4 Å². The zero-order chi connectivity index (χ0) is 19.6. The number of ether oxygens (including phenoxy) is 1. The molecule has 2 unspecified atom stereocenters. The highest BCUT2D eigenvalue weighted by Crippen LogP contribution is 2.14. The molecule has 0 saturated carbocycles. The molecule has 0 radical (unpaired) electrons. The molecule has 0 aliphatic heterocycles. The number of hydrogen-bond donors (Lipinski definition) is 3. The molecule has 2 atom stereocenters. The minimum Gasteiger partial charge on any atom is -0.489 e. The van der Waals surface area contributed by atoms with Crippen molar-refractivity contribution in [3.63, 3.8) is 0 Å². The van der Waals surface area contributed by atoms with Crippen LogP contribution in [0.5, 0.6) is 5.75 Å². The van der Waals surface area contributed by atoms with Gasteiger partial charge in [-0.1, -0.05) is 12.1 Å². The lowest BCUT2D eigenvalue weighted by molar-refractivity contribution is 0.187. The first-order chi connectivity index (χ1) is 13.0. The number of nitrogens with zero attached hydrogens (tertiary/aromatic N) is 1. The molecule has 0 aliphatic carbocycles. The van der Waals surface area contributed by atoms with Crippen molar-refractivity contribution in [1.29, 1.82) is 0 Å². The number of guanidine groups is 1. The average molecular weight is 377 g/mol. The molecule has 0 heterocycles. The van der Waals surface area contributed by atoms with E-state index in [1.807, 2.05) is 13.8 Å². The fourth-order valence-corrected chi connectivity index (χ4v) is 2.34. The summed E-state index contributed by atoms with van der Waals surface area (Å²) in [5, 5.41) is 16.4. The van der Waals surface area contributed by atoms with Crippen molar-refractivity contribution in [2.75, 3.05) is 19.6 Å². The Bertz CT molecular complexity index is 721. The molecule has 0 amide bonds.